The van der Waals surface area contributed by atoms with Crippen molar-refractivity contribution < 1.29 is 14.0 Å². The Morgan fingerprint density at radius 1 is 1.25 bits per heavy atom. The van der Waals surface area contributed by atoms with Crippen LogP contribution < -0.4 is 5.73 Å². The smallest absolute Gasteiger partial charge is 0.272 e. The van der Waals surface area contributed by atoms with Crippen molar-refractivity contribution in [2.24, 2.45) is 5.73 Å². The van der Waals surface area contributed by atoms with Crippen LogP contribution in [0.5, 0.6) is 0 Å². The highest BCUT2D eigenvalue weighted by Gasteiger charge is 2.32. The van der Waals surface area contributed by atoms with E-state index in [-0.39, 0.29) is 35.0 Å². The Morgan fingerprint density at radius 3 is 2.71 bits per heavy atom. The molecule has 1 fully saturated rings. The van der Waals surface area contributed by atoms with Crippen LogP contribution in [0.1, 0.15) is 34.8 Å². The number of amides is 2. The molecule has 3 aromatic rings. The number of imidazole rings is 1. The van der Waals surface area contributed by atoms with E-state index >= 15 is 0 Å². The number of carbonyl (C=O) groups is 2. The van der Waals surface area contributed by atoms with E-state index in [1.807, 2.05) is 18.9 Å². The second kappa shape index (κ2) is 6.75. The normalized spacial score (nSPS) is 20.6. The first-order chi connectivity index (χ1) is 13.4. The van der Waals surface area contributed by atoms with E-state index in [9.17, 15) is 9.59 Å². The first-order valence-corrected chi connectivity index (χ1v) is 9.09. The fourth-order valence-electron chi connectivity index (χ4n) is 3.60. The molecule has 0 aromatic carbocycles. The largest absolute Gasteiger partial charge is 0.463 e. The number of piperazine rings is 1. The Kier molecular flexibility index (Phi) is 4.38. The Labute approximate surface area is 161 Å². The van der Waals surface area contributed by atoms with Crippen LogP contribution in [0.3, 0.4) is 0 Å². The average molecular weight is 382 g/mol. The molecule has 4 rings (SSSR count). The maximum atomic E-state index is 13.3. The van der Waals surface area contributed by atoms with Gasteiger partial charge < -0.3 is 15.1 Å². The van der Waals surface area contributed by atoms with Crippen LogP contribution in [0.25, 0.3) is 17.1 Å². The van der Waals surface area contributed by atoms with Crippen molar-refractivity contribution in [3.05, 3.63) is 42.2 Å². The van der Waals surface area contributed by atoms with Gasteiger partial charge in [0.15, 0.2) is 17.1 Å². The second-order valence-electron chi connectivity index (χ2n) is 7.25. The molecule has 4 heterocycles. The predicted octanol–water partition coefficient (Wildman–Crippen LogP) is 1.25. The zero-order valence-corrected chi connectivity index (χ0v) is 16.0. The number of furan rings is 1. The highest BCUT2D eigenvalue weighted by Crippen LogP contribution is 2.25. The summed E-state index contributed by atoms with van der Waals surface area (Å²) in [4.78, 5) is 37.6. The molecule has 28 heavy (non-hydrogen) atoms. The molecule has 0 bridgehead atoms. The summed E-state index contributed by atoms with van der Waals surface area (Å²) in [6.07, 6.45) is 2.99. The minimum atomic E-state index is -0.702. The summed E-state index contributed by atoms with van der Waals surface area (Å²) in [7, 11) is 2.05. The fourth-order valence-corrected chi connectivity index (χ4v) is 3.60. The maximum absolute atomic E-state index is 13.3. The number of nitrogens with two attached hydrogens (primary N) is 1. The molecule has 0 aliphatic carbocycles. The summed E-state index contributed by atoms with van der Waals surface area (Å²) in [5.41, 5.74) is 6.49. The molecule has 2 unspecified atom stereocenters. The standard InChI is InChI=1S/C19H22N6O3/c1-11-9-24(12(2)8-23(11)3)19(27)13-7-14(15-5-4-6-28-15)25-10-21-16(17(20)26)18(25)22-13/h4-7,10-12H,8-9H2,1-3H3,(H2,20,26). The Balaban J connectivity index is 1.84. The van der Waals surface area contributed by atoms with Gasteiger partial charge in [-0.25, -0.2) is 9.97 Å². The first-order valence-electron chi connectivity index (χ1n) is 9.09. The van der Waals surface area contributed by atoms with E-state index in [4.69, 9.17) is 10.2 Å². The number of likely N-dealkylation sites (N-methyl/N-ethyl adjacent to an activating group) is 1. The van der Waals surface area contributed by atoms with Crippen LogP contribution in [0, 0.1) is 0 Å². The third kappa shape index (κ3) is 2.93. The highest BCUT2D eigenvalue weighted by molar-refractivity contribution is 5.99. The highest BCUT2D eigenvalue weighted by atomic mass is 16.3. The zero-order chi connectivity index (χ0) is 20.0. The quantitative estimate of drug-likeness (QED) is 0.730. The maximum Gasteiger partial charge on any atom is 0.272 e. The molecule has 0 radical (unpaired) electrons. The minimum Gasteiger partial charge on any atom is -0.463 e. The van der Waals surface area contributed by atoms with Gasteiger partial charge >= 0.3 is 0 Å². The van der Waals surface area contributed by atoms with Crippen LogP contribution in [0.2, 0.25) is 0 Å². The van der Waals surface area contributed by atoms with Gasteiger partial charge in [0.2, 0.25) is 0 Å². The van der Waals surface area contributed by atoms with Gasteiger partial charge in [0.05, 0.1) is 12.0 Å². The van der Waals surface area contributed by atoms with E-state index < -0.39 is 5.91 Å². The number of hydrogen-bond donors (Lipinski definition) is 1. The number of fused-ring (bicyclic) bond motifs is 1. The van der Waals surface area contributed by atoms with Crippen LogP contribution in [-0.4, -0.2) is 68.2 Å². The molecule has 3 aromatic heterocycles. The third-order valence-corrected chi connectivity index (χ3v) is 5.29. The van der Waals surface area contributed by atoms with Crippen LogP contribution in [-0.2, 0) is 0 Å². The lowest BCUT2D eigenvalue weighted by atomic mass is 10.1. The van der Waals surface area contributed by atoms with E-state index in [0.29, 0.717) is 18.0 Å². The molecule has 0 spiro atoms. The van der Waals surface area contributed by atoms with Crippen molar-refractivity contribution in [1.29, 1.82) is 0 Å². The van der Waals surface area contributed by atoms with Crippen molar-refractivity contribution >= 4 is 17.5 Å². The molecule has 9 nitrogen and oxygen atoms in total. The number of rotatable bonds is 3. The zero-order valence-electron chi connectivity index (χ0n) is 16.0. The lowest BCUT2D eigenvalue weighted by molar-refractivity contribution is 0.0392. The summed E-state index contributed by atoms with van der Waals surface area (Å²) in [6.45, 7) is 5.47. The second-order valence-corrected chi connectivity index (χ2v) is 7.25. The Hall–Kier alpha value is -3.20. The molecule has 2 amide bonds. The van der Waals surface area contributed by atoms with Gasteiger partial charge in [0.1, 0.15) is 12.0 Å². The lowest BCUT2D eigenvalue weighted by Crippen LogP contribution is -2.56. The molecule has 1 saturated heterocycles. The van der Waals surface area contributed by atoms with Gasteiger partial charge in [-0.15, -0.1) is 0 Å². The Morgan fingerprint density at radius 2 is 2.04 bits per heavy atom. The lowest BCUT2D eigenvalue weighted by Gasteiger charge is -2.42. The SMILES string of the molecule is CC1CN(C(=O)c2cc(-c3ccco3)n3cnc(C(N)=O)c3n2)C(C)CN1C. The Bertz CT molecular complexity index is 1040. The molecule has 2 N–H and O–H groups in total. The summed E-state index contributed by atoms with van der Waals surface area (Å²) in [6, 6.07) is 5.46. The van der Waals surface area contributed by atoms with Gasteiger partial charge in [-0.3, -0.25) is 18.9 Å². The van der Waals surface area contributed by atoms with E-state index in [0.717, 1.165) is 6.54 Å². The van der Waals surface area contributed by atoms with E-state index in [2.05, 4.69) is 21.8 Å². The summed E-state index contributed by atoms with van der Waals surface area (Å²) in [5.74, 6) is -0.361. The molecule has 1 aliphatic heterocycles. The van der Waals surface area contributed by atoms with Gasteiger partial charge in [0, 0.05) is 25.2 Å². The summed E-state index contributed by atoms with van der Waals surface area (Å²) >= 11 is 0. The summed E-state index contributed by atoms with van der Waals surface area (Å²) in [5, 5.41) is 0. The number of aromatic nitrogens is 3. The molecule has 146 valence electrons. The number of hydrogen-bond acceptors (Lipinski definition) is 6. The predicted molar refractivity (Wildman–Crippen MR) is 102 cm³/mol. The van der Waals surface area contributed by atoms with Crippen molar-refractivity contribution in [3.63, 3.8) is 0 Å². The third-order valence-electron chi connectivity index (χ3n) is 5.29. The van der Waals surface area contributed by atoms with Crippen LogP contribution in [0.15, 0.2) is 35.2 Å². The van der Waals surface area contributed by atoms with Gasteiger partial charge in [-0.2, -0.15) is 0 Å². The van der Waals surface area contributed by atoms with Gasteiger partial charge in [-0.1, -0.05) is 0 Å². The minimum absolute atomic E-state index is 0.0160. The summed E-state index contributed by atoms with van der Waals surface area (Å²) < 4.78 is 7.11. The van der Waals surface area contributed by atoms with Crippen molar-refractivity contribution in [2.45, 2.75) is 25.9 Å². The molecule has 1 aliphatic rings. The van der Waals surface area contributed by atoms with Gasteiger partial charge in [0.25, 0.3) is 11.8 Å². The van der Waals surface area contributed by atoms with Crippen molar-refractivity contribution in [2.75, 3.05) is 20.1 Å². The van der Waals surface area contributed by atoms with E-state index in [1.54, 1.807) is 28.9 Å². The molecular weight excluding hydrogens is 360 g/mol. The topological polar surface area (TPSA) is 110 Å². The average Bonchev–Trinajstić information content (AvgIpc) is 3.32. The number of primary amides is 1. The van der Waals surface area contributed by atoms with Crippen LogP contribution >= 0.6 is 0 Å². The molecule has 0 saturated carbocycles. The fraction of sp³-hybridized carbons (Fsp3) is 0.368. The van der Waals surface area contributed by atoms with Gasteiger partial charge in [-0.05, 0) is 39.1 Å². The van der Waals surface area contributed by atoms with Crippen LogP contribution in [0.4, 0.5) is 0 Å². The first kappa shape index (κ1) is 18.2. The molecule has 2 atom stereocenters. The molecular formula is C19H22N6O3. The molecule has 9 heteroatoms. The number of nitrogens with zero attached hydrogens (tertiary/aromatic N) is 5. The monoisotopic (exact) mass is 382 g/mol. The van der Waals surface area contributed by atoms with E-state index in [1.165, 1.54) is 6.33 Å². The number of carbonyl (C=O) groups excluding carboxylic acids is 2. The van der Waals surface area contributed by atoms with Crippen molar-refractivity contribution in [1.82, 2.24) is 24.2 Å². The van der Waals surface area contributed by atoms with Crippen molar-refractivity contribution in [3.8, 4) is 11.5 Å².